The molecule has 0 fully saturated rings. The normalized spacial score (nSPS) is 12.4. The van der Waals surface area contributed by atoms with Crippen LogP contribution < -0.4 is 4.90 Å². The van der Waals surface area contributed by atoms with E-state index in [1.54, 1.807) is 6.33 Å². The molecule has 0 saturated heterocycles. The van der Waals surface area contributed by atoms with Gasteiger partial charge in [-0.3, -0.25) is 4.90 Å². The standard InChI is InChI=1S/C32H20N4/c1-2-10-21(11-3-1)36-30-17-9-6-14-25(30)26-18-22(19-27-31(26)32(36)34-20-33-27)35-28-15-7-4-12-23(28)24-13-5-8-16-29(24)35/h1-20H. The zero-order chi connectivity index (χ0) is 23.6. The maximum Gasteiger partial charge on any atom is 0.149 e. The summed E-state index contributed by atoms with van der Waals surface area (Å²) >= 11 is 0. The Morgan fingerprint density at radius 1 is 0.528 bits per heavy atom. The number of benzene rings is 5. The van der Waals surface area contributed by atoms with Crippen molar-refractivity contribution in [1.29, 1.82) is 0 Å². The van der Waals surface area contributed by atoms with Gasteiger partial charge in [0.25, 0.3) is 0 Å². The number of fused-ring (bicyclic) bond motifs is 5. The Kier molecular flexibility index (Phi) is 3.91. The Labute approximate surface area is 207 Å². The highest BCUT2D eigenvalue weighted by molar-refractivity contribution is 6.13. The van der Waals surface area contributed by atoms with E-state index in [1.807, 2.05) is 6.07 Å². The first-order valence-corrected chi connectivity index (χ1v) is 12.1. The summed E-state index contributed by atoms with van der Waals surface area (Å²) in [7, 11) is 0. The van der Waals surface area contributed by atoms with Gasteiger partial charge in [-0.15, -0.1) is 0 Å². The third-order valence-electron chi connectivity index (χ3n) is 7.20. The van der Waals surface area contributed by atoms with Crippen molar-refractivity contribution < 1.29 is 0 Å². The first-order valence-electron chi connectivity index (χ1n) is 12.1. The SMILES string of the molecule is c1ccc(N2c3ccccc3-c3cc(-n4c5ccccc5c5ccccc54)cc4ncnc2c34)cc1. The quantitative estimate of drug-likeness (QED) is 0.261. The minimum Gasteiger partial charge on any atom is -0.309 e. The molecule has 0 bridgehead atoms. The lowest BCUT2D eigenvalue weighted by Gasteiger charge is -2.32. The van der Waals surface area contributed by atoms with Crippen LogP contribution in [0.15, 0.2) is 122 Å². The molecule has 0 unspecified atom stereocenters. The number of hydrogen-bond donors (Lipinski definition) is 0. The van der Waals surface area contributed by atoms with Crippen LogP contribution in [0.1, 0.15) is 0 Å². The van der Waals surface area contributed by atoms with E-state index < -0.39 is 0 Å². The second-order valence-corrected chi connectivity index (χ2v) is 9.14. The lowest BCUT2D eigenvalue weighted by Crippen LogP contribution is -2.17. The van der Waals surface area contributed by atoms with E-state index in [2.05, 4.69) is 119 Å². The Bertz CT molecular complexity index is 1900. The molecule has 36 heavy (non-hydrogen) atoms. The van der Waals surface area contributed by atoms with Gasteiger partial charge in [0, 0.05) is 27.7 Å². The van der Waals surface area contributed by atoms with E-state index in [-0.39, 0.29) is 0 Å². The van der Waals surface area contributed by atoms with Crippen LogP contribution in [0.2, 0.25) is 0 Å². The molecule has 1 aliphatic rings. The van der Waals surface area contributed by atoms with Crippen LogP contribution in [-0.2, 0) is 0 Å². The van der Waals surface area contributed by atoms with Crippen LogP contribution in [0.25, 0.3) is 49.5 Å². The van der Waals surface area contributed by atoms with Gasteiger partial charge in [0.15, 0.2) is 0 Å². The molecule has 7 aromatic rings. The third-order valence-corrected chi connectivity index (χ3v) is 7.20. The monoisotopic (exact) mass is 460 g/mol. The molecule has 8 rings (SSSR count). The number of hydrogen-bond acceptors (Lipinski definition) is 3. The van der Waals surface area contributed by atoms with Gasteiger partial charge in [-0.05, 0) is 48.0 Å². The van der Waals surface area contributed by atoms with E-state index in [4.69, 9.17) is 9.97 Å². The van der Waals surface area contributed by atoms with E-state index >= 15 is 0 Å². The van der Waals surface area contributed by atoms with Crippen molar-refractivity contribution in [1.82, 2.24) is 14.5 Å². The molecule has 0 N–H and O–H groups in total. The van der Waals surface area contributed by atoms with Crippen molar-refractivity contribution in [2.24, 2.45) is 0 Å². The number of aromatic nitrogens is 3. The van der Waals surface area contributed by atoms with Gasteiger partial charge in [0.2, 0.25) is 0 Å². The van der Waals surface area contributed by atoms with Gasteiger partial charge in [-0.1, -0.05) is 72.8 Å². The van der Waals surface area contributed by atoms with Gasteiger partial charge >= 0.3 is 0 Å². The summed E-state index contributed by atoms with van der Waals surface area (Å²) in [5, 5.41) is 3.58. The van der Waals surface area contributed by atoms with Crippen molar-refractivity contribution in [3.05, 3.63) is 122 Å². The van der Waals surface area contributed by atoms with Crippen LogP contribution in [0.4, 0.5) is 17.2 Å². The minimum atomic E-state index is 0.911. The molecule has 4 nitrogen and oxygen atoms in total. The summed E-state index contributed by atoms with van der Waals surface area (Å²) in [6.07, 6.45) is 1.68. The summed E-state index contributed by atoms with van der Waals surface area (Å²) in [4.78, 5) is 11.8. The first kappa shape index (κ1) is 19.4. The highest BCUT2D eigenvalue weighted by Gasteiger charge is 2.28. The molecule has 1 aliphatic heterocycles. The Hall–Kier alpha value is -4.96. The maximum atomic E-state index is 4.79. The fourth-order valence-electron chi connectivity index (χ4n) is 5.72. The lowest BCUT2D eigenvalue weighted by atomic mass is 9.93. The molecule has 168 valence electrons. The largest absolute Gasteiger partial charge is 0.309 e. The number of nitrogens with zero attached hydrogens (tertiary/aromatic N) is 4. The van der Waals surface area contributed by atoms with Crippen molar-refractivity contribution in [2.75, 3.05) is 4.90 Å². The smallest absolute Gasteiger partial charge is 0.149 e. The van der Waals surface area contributed by atoms with Gasteiger partial charge in [-0.2, -0.15) is 0 Å². The average molecular weight is 461 g/mol. The van der Waals surface area contributed by atoms with Crippen molar-refractivity contribution >= 4 is 49.9 Å². The van der Waals surface area contributed by atoms with Crippen LogP contribution in [-0.4, -0.2) is 14.5 Å². The zero-order valence-electron chi connectivity index (χ0n) is 19.3. The second kappa shape index (κ2) is 7.27. The van der Waals surface area contributed by atoms with E-state index in [1.165, 1.54) is 27.4 Å². The van der Waals surface area contributed by atoms with Gasteiger partial charge < -0.3 is 4.57 Å². The Morgan fingerprint density at radius 3 is 1.97 bits per heavy atom. The highest BCUT2D eigenvalue weighted by Crippen LogP contribution is 2.50. The highest BCUT2D eigenvalue weighted by atomic mass is 15.2. The summed E-state index contributed by atoms with van der Waals surface area (Å²) in [6.45, 7) is 0. The predicted molar refractivity (Wildman–Crippen MR) is 148 cm³/mol. The molecule has 5 aromatic carbocycles. The fraction of sp³-hybridized carbons (Fsp3) is 0. The lowest BCUT2D eigenvalue weighted by molar-refractivity contribution is 1.13. The molecule has 3 heterocycles. The first-order chi connectivity index (χ1) is 17.9. The molecule has 0 aliphatic carbocycles. The van der Waals surface area contributed by atoms with Crippen molar-refractivity contribution in [3.8, 4) is 16.8 Å². The zero-order valence-corrected chi connectivity index (χ0v) is 19.3. The van der Waals surface area contributed by atoms with Crippen LogP contribution in [0, 0.1) is 0 Å². The molecule has 0 saturated carbocycles. The molecular weight excluding hydrogens is 440 g/mol. The summed E-state index contributed by atoms with van der Waals surface area (Å²) < 4.78 is 2.36. The summed E-state index contributed by atoms with van der Waals surface area (Å²) in [5.74, 6) is 0.911. The molecular formula is C32H20N4. The van der Waals surface area contributed by atoms with Crippen LogP contribution in [0.3, 0.4) is 0 Å². The fourth-order valence-corrected chi connectivity index (χ4v) is 5.72. The number of para-hydroxylation sites is 4. The second-order valence-electron chi connectivity index (χ2n) is 9.14. The van der Waals surface area contributed by atoms with Gasteiger partial charge in [0.05, 0.1) is 27.6 Å². The summed E-state index contributed by atoms with van der Waals surface area (Å²) in [6, 6.07) is 40.7. The third kappa shape index (κ3) is 2.58. The van der Waals surface area contributed by atoms with E-state index in [0.717, 1.165) is 39.3 Å². The van der Waals surface area contributed by atoms with E-state index in [0.29, 0.717) is 0 Å². The molecule has 0 atom stereocenters. The predicted octanol–water partition coefficient (Wildman–Crippen LogP) is 8.18. The van der Waals surface area contributed by atoms with Crippen LogP contribution >= 0.6 is 0 Å². The number of anilines is 3. The Balaban J connectivity index is 1.49. The van der Waals surface area contributed by atoms with Gasteiger partial charge in [0.1, 0.15) is 12.1 Å². The summed E-state index contributed by atoms with van der Waals surface area (Å²) in [5.41, 5.74) is 8.95. The van der Waals surface area contributed by atoms with Crippen molar-refractivity contribution in [3.63, 3.8) is 0 Å². The molecule has 0 amide bonds. The van der Waals surface area contributed by atoms with E-state index in [9.17, 15) is 0 Å². The average Bonchev–Trinajstić information content (AvgIpc) is 3.28. The topological polar surface area (TPSA) is 34.0 Å². The molecule has 0 radical (unpaired) electrons. The molecule has 0 spiro atoms. The number of rotatable bonds is 2. The van der Waals surface area contributed by atoms with Crippen molar-refractivity contribution in [2.45, 2.75) is 0 Å². The minimum absolute atomic E-state index is 0.911. The van der Waals surface area contributed by atoms with Gasteiger partial charge in [-0.25, -0.2) is 9.97 Å². The molecule has 4 heteroatoms. The maximum absolute atomic E-state index is 4.79. The van der Waals surface area contributed by atoms with Crippen LogP contribution in [0.5, 0.6) is 0 Å². The Morgan fingerprint density at radius 2 is 1.19 bits per heavy atom. The molecule has 2 aromatic heterocycles.